The number of rotatable bonds is 13. The lowest BCUT2D eigenvalue weighted by atomic mass is 10.0. The zero-order valence-electron chi connectivity index (χ0n) is 21.1. The van der Waals surface area contributed by atoms with Crippen molar-refractivity contribution >= 4 is 12.1 Å². The molecule has 0 bridgehead atoms. The third-order valence-electron chi connectivity index (χ3n) is 5.43. The molecule has 0 aromatic heterocycles. The number of aliphatic hydroxyl groups is 1. The maximum Gasteiger partial charge on any atom is 0.407 e. The number of ether oxygens (including phenoxy) is 4. The maximum absolute atomic E-state index is 12.7. The molecule has 8 heteroatoms. The van der Waals surface area contributed by atoms with Gasteiger partial charge in [0.25, 0.3) is 0 Å². The average molecular weight is 508 g/mol. The summed E-state index contributed by atoms with van der Waals surface area (Å²) in [6, 6.07) is 22.6. The lowest BCUT2D eigenvalue weighted by Gasteiger charge is -2.23. The first-order chi connectivity index (χ1) is 18.0. The van der Waals surface area contributed by atoms with Gasteiger partial charge in [0.15, 0.2) is 17.6 Å². The van der Waals surface area contributed by atoms with Crippen molar-refractivity contribution in [3.05, 3.63) is 95.6 Å². The van der Waals surface area contributed by atoms with Gasteiger partial charge in [-0.3, -0.25) is 0 Å². The predicted octanol–water partition coefficient (Wildman–Crippen LogP) is 4.43. The Morgan fingerprint density at radius 2 is 1.32 bits per heavy atom. The molecule has 3 aromatic rings. The molecule has 2 unspecified atom stereocenters. The van der Waals surface area contributed by atoms with Gasteiger partial charge in [-0.15, -0.1) is 0 Å². The van der Waals surface area contributed by atoms with Crippen molar-refractivity contribution in [2.24, 2.45) is 0 Å². The van der Waals surface area contributed by atoms with E-state index in [0.717, 1.165) is 16.7 Å². The first-order valence-electron chi connectivity index (χ1n) is 12.2. The van der Waals surface area contributed by atoms with Gasteiger partial charge < -0.3 is 29.4 Å². The number of carbonyl (C=O) groups is 2. The quantitative estimate of drug-likeness (QED) is 0.330. The zero-order chi connectivity index (χ0) is 26.5. The maximum atomic E-state index is 12.7. The summed E-state index contributed by atoms with van der Waals surface area (Å²) >= 11 is 0. The average Bonchev–Trinajstić information content (AvgIpc) is 2.92. The molecular weight excluding hydrogens is 474 g/mol. The van der Waals surface area contributed by atoms with E-state index in [1.807, 2.05) is 74.5 Å². The largest absolute Gasteiger partial charge is 0.490 e. The number of carbonyl (C=O) groups excluding carboxylic acids is 2. The Balaban J connectivity index is 1.73. The van der Waals surface area contributed by atoms with E-state index < -0.39 is 24.2 Å². The van der Waals surface area contributed by atoms with Crippen LogP contribution in [-0.4, -0.2) is 42.5 Å². The summed E-state index contributed by atoms with van der Waals surface area (Å²) < 4.78 is 21.9. The number of benzene rings is 3. The molecule has 8 nitrogen and oxygen atoms in total. The molecule has 37 heavy (non-hydrogen) atoms. The van der Waals surface area contributed by atoms with Crippen molar-refractivity contribution in [2.45, 2.75) is 45.6 Å². The van der Waals surface area contributed by atoms with Crippen LogP contribution in [0.15, 0.2) is 78.9 Å². The summed E-state index contributed by atoms with van der Waals surface area (Å²) in [5.74, 6) is 0.268. The summed E-state index contributed by atoms with van der Waals surface area (Å²) in [4.78, 5) is 25.3. The van der Waals surface area contributed by atoms with Crippen molar-refractivity contribution in [2.75, 3.05) is 13.2 Å². The van der Waals surface area contributed by atoms with E-state index in [9.17, 15) is 14.7 Å². The summed E-state index contributed by atoms with van der Waals surface area (Å²) in [5.41, 5.74) is 2.31. The van der Waals surface area contributed by atoms with Crippen LogP contribution in [0.1, 0.15) is 30.5 Å². The van der Waals surface area contributed by atoms with Gasteiger partial charge in [0.1, 0.15) is 13.2 Å². The lowest BCUT2D eigenvalue weighted by Crippen LogP contribution is -2.49. The second-order valence-electron chi connectivity index (χ2n) is 8.20. The fraction of sp³-hybridized carbons (Fsp3) is 0.310. The number of amides is 1. The van der Waals surface area contributed by atoms with E-state index >= 15 is 0 Å². The highest BCUT2D eigenvalue weighted by Crippen LogP contribution is 2.29. The van der Waals surface area contributed by atoms with Crippen LogP contribution in [-0.2, 0) is 33.9 Å². The van der Waals surface area contributed by atoms with Crippen LogP contribution in [0.2, 0.25) is 0 Å². The van der Waals surface area contributed by atoms with Gasteiger partial charge in [0, 0.05) is 0 Å². The van der Waals surface area contributed by atoms with Crippen LogP contribution >= 0.6 is 0 Å². The van der Waals surface area contributed by atoms with Crippen molar-refractivity contribution in [3.63, 3.8) is 0 Å². The van der Waals surface area contributed by atoms with Gasteiger partial charge >= 0.3 is 12.1 Å². The summed E-state index contributed by atoms with van der Waals surface area (Å²) in [6.07, 6.45) is -2.27. The van der Waals surface area contributed by atoms with Gasteiger partial charge in [-0.25, -0.2) is 9.59 Å². The molecule has 0 saturated heterocycles. The van der Waals surface area contributed by atoms with Gasteiger partial charge in [-0.2, -0.15) is 0 Å². The second kappa shape index (κ2) is 14.5. The molecule has 3 rings (SSSR count). The Labute approximate surface area is 217 Å². The van der Waals surface area contributed by atoms with Gasteiger partial charge in [0.05, 0.1) is 19.3 Å². The Bertz CT molecular complexity index is 1120. The topological polar surface area (TPSA) is 103 Å². The molecule has 0 saturated carbocycles. The summed E-state index contributed by atoms with van der Waals surface area (Å²) in [7, 11) is 0. The molecule has 2 atom stereocenters. The minimum Gasteiger partial charge on any atom is -0.490 e. The van der Waals surface area contributed by atoms with Crippen LogP contribution in [0.3, 0.4) is 0 Å². The molecule has 0 heterocycles. The minimum absolute atomic E-state index is 0.000547. The van der Waals surface area contributed by atoms with Crippen molar-refractivity contribution in [1.82, 2.24) is 5.32 Å². The molecule has 3 aromatic carbocycles. The molecule has 1 amide bonds. The summed E-state index contributed by atoms with van der Waals surface area (Å²) in [6.45, 7) is 4.70. The molecule has 196 valence electrons. The number of alkyl carbamates (subject to hydrolysis) is 1. The van der Waals surface area contributed by atoms with E-state index in [2.05, 4.69) is 5.32 Å². The van der Waals surface area contributed by atoms with Crippen LogP contribution in [0.5, 0.6) is 11.5 Å². The Hall–Kier alpha value is -4.04. The highest BCUT2D eigenvalue weighted by molar-refractivity contribution is 5.77. The second-order valence-corrected chi connectivity index (χ2v) is 8.20. The van der Waals surface area contributed by atoms with Crippen LogP contribution in [0.4, 0.5) is 4.79 Å². The normalized spacial score (nSPS) is 12.2. The smallest absolute Gasteiger partial charge is 0.407 e. The van der Waals surface area contributed by atoms with E-state index in [0.29, 0.717) is 24.7 Å². The number of nitrogens with one attached hydrogen (secondary N) is 1. The Kier molecular flexibility index (Phi) is 10.8. The van der Waals surface area contributed by atoms with Crippen molar-refractivity contribution in [3.8, 4) is 11.5 Å². The van der Waals surface area contributed by atoms with Crippen molar-refractivity contribution < 1.29 is 33.6 Å². The third kappa shape index (κ3) is 8.84. The first kappa shape index (κ1) is 27.5. The zero-order valence-corrected chi connectivity index (χ0v) is 21.1. The Morgan fingerprint density at radius 1 is 0.757 bits per heavy atom. The van der Waals surface area contributed by atoms with Gasteiger partial charge in [-0.1, -0.05) is 66.7 Å². The molecule has 0 fully saturated rings. The van der Waals surface area contributed by atoms with Crippen LogP contribution in [0, 0.1) is 0 Å². The predicted molar refractivity (Wildman–Crippen MR) is 138 cm³/mol. The highest BCUT2D eigenvalue weighted by Gasteiger charge is 2.30. The van der Waals surface area contributed by atoms with Crippen LogP contribution in [0.25, 0.3) is 0 Å². The summed E-state index contributed by atoms with van der Waals surface area (Å²) in [5, 5.41) is 13.5. The molecule has 2 N–H and O–H groups in total. The minimum atomic E-state index is -1.63. The first-order valence-corrected chi connectivity index (χ1v) is 12.2. The highest BCUT2D eigenvalue weighted by atomic mass is 16.6. The standard InChI is InChI=1S/C29H33NO7/c1-3-34-25-16-15-23(18-26(25)35-4-2)17-24(30-29(33)37-20-22-13-9-6-10-14-22)27(31)28(32)36-19-21-11-7-5-8-12-21/h5-16,18,24,27,31H,3-4,17,19-20H2,1-2H3,(H,30,33). The fourth-order valence-electron chi connectivity index (χ4n) is 3.61. The molecule has 0 aliphatic heterocycles. The fourth-order valence-corrected chi connectivity index (χ4v) is 3.61. The van der Waals surface area contributed by atoms with Gasteiger partial charge in [-0.05, 0) is 49.1 Å². The van der Waals surface area contributed by atoms with E-state index in [1.165, 1.54) is 0 Å². The molecule has 0 spiro atoms. The number of hydrogen-bond acceptors (Lipinski definition) is 7. The SMILES string of the molecule is CCOc1ccc(CC(NC(=O)OCc2ccccc2)C(O)C(=O)OCc2ccccc2)cc1OCC. The van der Waals surface area contributed by atoms with Gasteiger partial charge in [0.2, 0.25) is 0 Å². The monoisotopic (exact) mass is 507 g/mol. The van der Waals surface area contributed by atoms with Crippen molar-refractivity contribution in [1.29, 1.82) is 0 Å². The molecular formula is C29H33NO7. The molecule has 0 radical (unpaired) electrons. The Morgan fingerprint density at radius 3 is 1.92 bits per heavy atom. The van der Waals surface area contributed by atoms with E-state index in [1.54, 1.807) is 18.2 Å². The lowest BCUT2D eigenvalue weighted by molar-refractivity contribution is -0.156. The third-order valence-corrected chi connectivity index (χ3v) is 5.43. The molecule has 0 aliphatic carbocycles. The van der Waals surface area contributed by atoms with E-state index in [-0.39, 0.29) is 19.6 Å². The number of hydrogen-bond donors (Lipinski definition) is 2. The van der Waals surface area contributed by atoms with Crippen LogP contribution < -0.4 is 14.8 Å². The number of esters is 1. The number of aliphatic hydroxyl groups excluding tert-OH is 1. The van der Waals surface area contributed by atoms with E-state index in [4.69, 9.17) is 18.9 Å². The molecule has 0 aliphatic rings.